The highest BCUT2D eigenvalue weighted by Gasteiger charge is 2.19. The number of halogens is 2. The minimum Gasteiger partial charge on any atom is -0.457 e. The molecule has 4 rings (SSSR count). The number of benzene rings is 3. The van der Waals surface area contributed by atoms with Gasteiger partial charge in [-0.2, -0.15) is 0 Å². The van der Waals surface area contributed by atoms with Gasteiger partial charge in [-0.15, -0.1) is 0 Å². The van der Waals surface area contributed by atoms with Crippen LogP contribution in [0.1, 0.15) is 10.4 Å². The molecule has 3 aromatic carbocycles. The van der Waals surface area contributed by atoms with E-state index >= 15 is 0 Å². The number of primary amides is 1. The topological polar surface area (TPSA) is 112 Å². The fraction of sp³-hybridized carbons (Fsp3) is 0.0455. The highest BCUT2D eigenvalue weighted by Crippen LogP contribution is 2.34. The summed E-state index contributed by atoms with van der Waals surface area (Å²) in [4.78, 5) is 19.7. The van der Waals surface area contributed by atoms with E-state index in [0.29, 0.717) is 21.6 Å². The van der Waals surface area contributed by atoms with E-state index in [4.69, 9.17) is 22.1 Å². The van der Waals surface area contributed by atoms with Crippen LogP contribution < -0.4 is 10.5 Å². The lowest BCUT2D eigenvalue weighted by atomic mass is 10.1. The van der Waals surface area contributed by atoms with E-state index in [1.165, 1.54) is 42.7 Å². The Balaban J connectivity index is 1.79. The number of fused-ring (bicyclic) bond motifs is 1. The molecule has 0 aliphatic heterocycles. The third kappa shape index (κ3) is 4.12. The summed E-state index contributed by atoms with van der Waals surface area (Å²) in [6, 6.07) is 13.0. The molecule has 0 fully saturated rings. The Morgan fingerprint density at radius 2 is 1.78 bits per heavy atom. The van der Waals surface area contributed by atoms with E-state index < -0.39 is 21.6 Å². The number of amides is 1. The molecule has 1 amide bonds. The predicted octanol–water partition coefficient (Wildman–Crippen LogP) is 4.38. The summed E-state index contributed by atoms with van der Waals surface area (Å²) in [7, 11) is -3.75. The number of carbonyl (C=O) groups is 1. The van der Waals surface area contributed by atoms with Gasteiger partial charge in [0.25, 0.3) is 0 Å². The zero-order valence-corrected chi connectivity index (χ0v) is 18.1. The van der Waals surface area contributed by atoms with Crippen molar-refractivity contribution in [3.8, 4) is 22.8 Å². The minimum absolute atomic E-state index is 0.128. The standard InChI is InChI=1S/C22H15ClFN3O4S/c1-32(29,30)19-10-13(5-7-14(19)22(25)28)31-12-6-8-18(24)16(9-12)20-15-3-2-4-17(23)21(15)27-11-26-20/h2-11H,1H3,(H2,25,28). The first-order chi connectivity index (χ1) is 15.1. The summed E-state index contributed by atoms with van der Waals surface area (Å²) >= 11 is 6.19. The van der Waals surface area contributed by atoms with Crippen molar-refractivity contribution in [2.75, 3.05) is 6.26 Å². The monoisotopic (exact) mass is 471 g/mol. The van der Waals surface area contributed by atoms with E-state index in [1.54, 1.807) is 18.2 Å². The number of para-hydroxylation sites is 1. The Kier molecular flexibility index (Phi) is 5.53. The number of hydrogen-bond acceptors (Lipinski definition) is 6. The average Bonchev–Trinajstić information content (AvgIpc) is 2.74. The fourth-order valence-electron chi connectivity index (χ4n) is 3.23. The van der Waals surface area contributed by atoms with Gasteiger partial charge in [-0.25, -0.2) is 22.8 Å². The first kappa shape index (κ1) is 21.7. The SMILES string of the molecule is CS(=O)(=O)c1cc(Oc2ccc(F)c(-c3ncnc4c(Cl)cccc34)c2)ccc1C(N)=O. The van der Waals surface area contributed by atoms with Crippen LogP contribution >= 0.6 is 11.6 Å². The number of sulfone groups is 1. The Morgan fingerprint density at radius 3 is 2.50 bits per heavy atom. The van der Waals surface area contributed by atoms with E-state index in [-0.39, 0.29) is 27.5 Å². The highest BCUT2D eigenvalue weighted by molar-refractivity contribution is 7.90. The van der Waals surface area contributed by atoms with Crippen molar-refractivity contribution in [2.45, 2.75) is 4.90 Å². The minimum atomic E-state index is -3.75. The van der Waals surface area contributed by atoms with E-state index in [1.807, 2.05) is 0 Å². The van der Waals surface area contributed by atoms with E-state index in [0.717, 1.165) is 6.26 Å². The van der Waals surface area contributed by atoms with Crippen LogP contribution in [0.25, 0.3) is 22.2 Å². The summed E-state index contributed by atoms with van der Waals surface area (Å²) in [5.41, 5.74) is 6.06. The van der Waals surface area contributed by atoms with Gasteiger partial charge < -0.3 is 10.5 Å². The molecule has 0 saturated carbocycles. The van der Waals surface area contributed by atoms with Gasteiger partial charge in [-0.1, -0.05) is 23.7 Å². The molecule has 0 aliphatic rings. The number of nitrogens with two attached hydrogens (primary N) is 1. The fourth-order valence-corrected chi connectivity index (χ4v) is 4.35. The van der Waals surface area contributed by atoms with E-state index in [9.17, 15) is 17.6 Å². The van der Waals surface area contributed by atoms with Gasteiger partial charge in [0.05, 0.1) is 26.7 Å². The molecule has 0 aliphatic carbocycles. The summed E-state index contributed by atoms with van der Waals surface area (Å²) < 4.78 is 44.6. The molecule has 162 valence electrons. The summed E-state index contributed by atoms with van der Waals surface area (Å²) in [6.45, 7) is 0. The molecule has 7 nitrogen and oxygen atoms in total. The number of hydrogen-bond donors (Lipinski definition) is 1. The summed E-state index contributed by atoms with van der Waals surface area (Å²) in [5, 5.41) is 0.961. The van der Waals surface area contributed by atoms with Gasteiger partial charge in [0.1, 0.15) is 23.6 Å². The summed E-state index contributed by atoms with van der Waals surface area (Å²) in [5.74, 6) is -1.07. The molecular weight excluding hydrogens is 457 g/mol. The van der Waals surface area contributed by atoms with Gasteiger partial charge in [-0.3, -0.25) is 4.79 Å². The van der Waals surface area contributed by atoms with Gasteiger partial charge in [0, 0.05) is 23.3 Å². The molecule has 2 N–H and O–H groups in total. The van der Waals surface area contributed by atoms with Crippen LogP contribution in [-0.4, -0.2) is 30.5 Å². The largest absolute Gasteiger partial charge is 0.457 e. The second-order valence-corrected chi connectivity index (χ2v) is 9.29. The second-order valence-electron chi connectivity index (χ2n) is 6.90. The van der Waals surface area contributed by atoms with Gasteiger partial charge in [0.15, 0.2) is 9.84 Å². The zero-order valence-electron chi connectivity index (χ0n) is 16.5. The smallest absolute Gasteiger partial charge is 0.250 e. The molecule has 32 heavy (non-hydrogen) atoms. The van der Waals surface area contributed by atoms with Crippen LogP contribution in [0, 0.1) is 5.82 Å². The Bertz CT molecular complexity index is 1490. The lowest BCUT2D eigenvalue weighted by Gasteiger charge is -2.12. The van der Waals surface area contributed by atoms with Crippen molar-refractivity contribution < 1.29 is 22.3 Å². The third-order valence-electron chi connectivity index (χ3n) is 4.66. The Hall–Kier alpha value is -3.56. The van der Waals surface area contributed by atoms with Crippen LogP contribution in [0.15, 0.2) is 65.8 Å². The molecular formula is C22H15ClFN3O4S. The second kappa shape index (κ2) is 8.18. The third-order valence-corrected chi connectivity index (χ3v) is 6.10. The Labute approximate surface area is 187 Å². The number of ether oxygens (including phenoxy) is 1. The maximum absolute atomic E-state index is 14.7. The molecule has 0 atom stereocenters. The van der Waals surface area contributed by atoms with Crippen molar-refractivity contribution in [2.24, 2.45) is 5.73 Å². The predicted molar refractivity (Wildman–Crippen MR) is 118 cm³/mol. The van der Waals surface area contributed by atoms with Gasteiger partial charge in [0.2, 0.25) is 5.91 Å². The zero-order chi connectivity index (χ0) is 23.0. The maximum Gasteiger partial charge on any atom is 0.250 e. The summed E-state index contributed by atoms with van der Waals surface area (Å²) in [6.07, 6.45) is 2.25. The first-order valence-corrected chi connectivity index (χ1v) is 11.4. The highest BCUT2D eigenvalue weighted by atomic mass is 35.5. The van der Waals surface area contributed by atoms with Crippen molar-refractivity contribution >= 4 is 38.2 Å². The van der Waals surface area contributed by atoms with Crippen LogP contribution in [0.3, 0.4) is 0 Å². The van der Waals surface area contributed by atoms with Gasteiger partial charge >= 0.3 is 0 Å². The van der Waals surface area contributed by atoms with Gasteiger partial charge in [-0.05, 0) is 36.4 Å². The number of aromatic nitrogens is 2. The lowest BCUT2D eigenvalue weighted by molar-refractivity contribution is 0.0997. The number of nitrogens with zero attached hydrogens (tertiary/aromatic N) is 2. The molecule has 0 bridgehead atoms. The van der Waals surface area contributed by atoms with E-state index in [2.05, 4.69) is 9.97 Å². The first-order valence-electron chi connectivity index (χ1n) is 9.16. The van der Waals surface area contributed by atoms with Crippen molar-refractivity contribution in [3.63, 3.8) is 0 Å². The van der Waals surface area contributed by atoms with Crippen LogP contribution in [-0.2, 0) is 9.84 Å². The van der Waals surface area contributed by atoms with Crippen LogP contribution in [0.2, 0.25) is 5.02 Å². The van der Waals surface area contributed by atoms with Crippen LogP contribution in [0.5, 0.6) is 11.5 Å². The molecule has 0 radical (unpaired) electrons. The molecule has 0 unspecified atom stereocenters. The van der Waals surface area contributed by atoms with Crippen molar-refractivity contribution in [1.82, 2.24) is 9.97 Å². The average molecular weight is 472 g/mol. The van der Waals surface area contributed by atoms with Crippen molar-refractivity contribution in [1.29, 1.82) is 0 Å². The Morgan fingerprint density at radius 1 is 1.06 bits per heavy atom. The molecule has 0 saturated heterocycles. The molecule has 4 aromatic rings. The molecule has 1 heterocycles. The molecule has 10 heteroatoms. The normalized spacial score (nSPS) is 11.5. The molecule has 1 aromatic heterocycles. The number of carbonyl (C=O) groups excluding carboxylic acids is 1. The maximum atomic E-state index is 14.7. The lowest BCUT2D eigenvalue weighted by Crippen LogP contribution is -2.15. The van der Waals surface area contributed by atoms with Crippen LogP contribution in [0.4, 0.5) is 4.39 Å². The molecule has 0 spiro atoms. The van der Waals surface area contributed by atoms with Crippen molar-refractivity contribution in [3.05, 3.63) is 77.3 Å². The quantitative estimate of drug-likeness (QED) is 0.462. The number of rotatable bonds is 5.